The zero-order valence-electron chi connectivity index (χ0n) is 17.7. The molecule has 3 rings (SSSR count). The first-order valence-corrected chi connectivity index (χ1v) is 11.1. The Morgan fingerprint density at radius 1 is 1.48 bits per heavy atom. The van der Waals surface area contributed by atoms with Crippen molar-refractivity contribution >= 4 is 17.2 Å². The third-order valence-corrected chi connectivity index (χ3v) is 6.19. The summed E-state index contributed by atoms with van der Waals surface area (Å²) in [5.74, 6) is 0.0295. The number of aliphatic hydroxyl groups excluding tert-OH is 1. The maximum absolute atomic E-state index is 13.5. The van der Waals surface area contributed by atoms with Crippen LogP contribution in [-0.4, -0.2) is 73.4 Å². The highest BCUT2D eigenvalue weighted by molar-refractivity contribution is 7.10. The molecule has 0 saturated heterocycles. The smallest absolute Gasteiger partial charge is 0.237 e. The molecule has 168 valence electrons. The van der Waals surface area contributed by atoms with E-state index in [0.29, 0.717) is 25.4 Å². The second-order valence-corrected chi connectivity index (χ2v) is 8.51. The molecule has 1 N–H and O–H groups in total. The second kappa shape index (κ2) is 11.4. The highest BCUT2D eigenvalue weighted by Gasteiger charge is 2.33. The predicted octanol–water partition coefficient (Wildman–Crippen LogP) is 2.89. The number of thiophene rings is 1. The fraction of sp³-hybridized carbons (Fsp3) is 0.435. The van der Waals surface area contributed by atoms with Crippen LogP contribution in [-0.2, 0) is 16.0 Å². The van der Waals surface area contributed by atoms with Crippen LogP contribution in [0.1, 0.15) is 16.5 Å². The largest absolute Gasteiger partial charge is 0.491 e. The van der Waals surface area contributed by atoms with Gasteiger partial charge in [-0.2, -0.15) is 0 Å². The lowest BCUT2D eigenvalue weighted by atomic mass is 10.0. The van der Waals surface area contributed by atoms with Gasteiger partial charge >= 0.3 is 0 Å². The fourth-order valence-electron chi connectivity index (χ4n) is 3.82. The minimum atomic E-state index is -0.685. The van der Waals surface area contributed by atoms with Crippen LogP contribution in [0.15, 0.2) is 48.4 Å². The van der Waals surface area contributed by atoms with Gasteiger partial charge in [-0.15, -0.1) is 17.9 Å². The number of halogens is 1. The first-order chi connectivity index (χ1) is 15.0. The maximum Gasteiger partial charge on any atom is 0.237 e. The zero-order valence-corrected chi connectivity index (χ0v) is 18.5. The molecule has 2 atom stereocenters. The van der Waals surface area contributed by atoms with Gasteiger partial charge in [0.2, 0.25) is 5.91 Å². The summed E-state index contributed by atoms with van der Waals surface area (Å²) in [7, 11) is 1.53. The molecule has 0 bridgehead atoms. The van der Waals surface area contributed by atoms with Crippen LogP contribution in [0.4, 0.5) is 4.39 Å². The highest BCUT2D eigenvalue weighted by atomic mass is 32.1. The summed E-state index contributed by atoms with van der Waals surface area (Å²) in [6.07, 6.45) is 1.82. The summed E-state index contributed by atoms with van der Waals surface area (Å²) < 4.78 is 24.4. The van der Waals surface area contributed by atoms with Gasteiger partial charge in [-0.3, -0.25) is 9.69 Å². The Morgan fingerprint density at radius 2 is 2.32 bits per heavy atom. The molecule has 0 aliphatic carbocycles. The first kappa shape index (κ1) is 23.4. The van der Waals surface area contributed by atoms with Gasteiger partial charge in [0.25, 0.3) is 0 Å². The van der Waals surface area contributed by atoms with Gasteiger partial charge < -0.3 is 19.5 Å². The van der Waals surface area contributed by atoms with Crippen molar-refractivity contribution in [2.75, 3.05) is 46.5 Å². The normalized spacial score (nSPS) is 16.8. The molecule has 0 radical (unpaired) electrons. The highest BCUT2D eigenvalue weighted by Crippen LogP contribution is 2.34. The average molecular weight is 449 g/mol. The summed E-state index contributed by atoms with van der Waals surface area (Å²) in [5.41, 5.74) is 1.08. The molecular formula is C23H29FN2O4S. The monoisotopic (exact) mass is 448 g/mol. The summed E-state index contributed by atoms with van der Waals surface area (Å²) in [6, 6.07) is 7.79. The van der Waals surface area contributed by atoms with Crippen molar-refractivity contribution in [1.29, 1.82) is 0 Å². The molecule has 1 aliphatic rings. The predicted molar refractivity (Wildman–Crippen MR) is 119 cm³/mol. The number of benzene rings is 1. The molecule has 0 fully saturated rings. The molecule has 2 aromatic rings. The van der Waals surface area contributed by atoms with Gasteiger partial charge in [-0.05, 0) is 35.6 Å². The van der Waals surface area contributed by atoms with E-state index >= 15 is 0 Å². The topological polar surface area (TPSA) is 62.2 Å². The lowest BCUT2D eigenvalue weighted by Gasteiger charge is -2.37. The van der Waals surface area contributed by atoms with Crippen LogP contribution in [0.5, 0.6) is 5.75 Å². The van der Waals surface area contributed by atoms with E-state index in [1.54, 1.807) is 29.5 Å². The molecule has 1 aromatic heterocycles. The van der Waals surface area contributed by atoms with Crippen molar-refractivity contribution in [1.82, 2.24) is 9.80 Å². The molecule has 0 spiro atoms. The number of rotatable bonds is 11. The quantitative estimate of drug-likeness (QED) is 0.536. The molecule has 31 heavy (non-hydrogen) atoms. The molecule has 1 amide bonds. The Hall–Kier alpha value is -2.26. The minimum absolute atomic E-state index is 0.0452. The molecule has 1 aromatic carbocycles. The third-order valence-electron chi connectivity index (χ3n) is 5.19. The van der Waals surface area contributed by atoms with Crippen LogP contribution >= 0.6 is 11.3 Å². The number of fused-ring (bicyclic) bond motifs is 1. The molecule has 8 heteroatoms. The van der Waals surface area contributed by atoms with Crippen LogP contribution in [0.3, 0.4) is 0 Å². The van der Waals surface area contributed by atoms with Gasteiger partial charge in [-0.1, -0.05) is 12.1 Å². The van der Waals surface area contributed by atoms with Crippen molar-refractivity contribution in [3.8, 4) is 5.75 Å². The van der Waals surface area contributed by atoms with E-state index in [9.17, 15) is 14.3 Å². The van der Waals surface area contributed by atoms with Crippen LogP contribution in [0.2, 0.25) is 0 Å². The van der Waals surface area contributed by atoms with Crippen molar-refractivity contribution in [2.45, 2.75) is 18.6 Å². The van der Waals surface area contributed by atoms with E-state index < -0.39 is 6.10 Å². The number of hydrogen-bond donors (Lipinski definition) is 1. The number of hydrogen-bond acceptors (Lipinski definition) is 6. The number of methoxy groups -OCH3 is 1. The molecular weight excluding hydrogens is 419 g/mol. The number of amides is 1. The van der Waals surface area contributed by atoms with Gasteiger partial charge in [0, 0.05) is 37.7 Å². The van der Waals surface area contributed by atoms with Crippen molar-refractivity contribution < 1.29 is 23.8 Å². The van der Waals surface area contributed by atoms with E-state index in [0.717, 1.165) is 12.0 Å². The lowest BCUT2D eigenvalue weighted by molar-refractivity contribution is -0.136. The Kier molecular flexibility index (Phi) is 8.60. The van der Waals surface area contributed by atoms with Gasteiger partial charge in [0.1, 0.15) is 18.2 Å². The summed E-state index contributed by atoms with van der Waals surface area (Å²) in [5, 5.41) is 12.1. The number of nitrogens with zero attached hydrogens (tertiary/aromatic N) is 2. The number of ether oxygens (including phenoxy) is 2. The molecule has 2 heterocycles. The number of carbonyl (C=O) groups excluding carboxylic acids is 1. The van der Waals surface area contributed by atoms with Crippen LogP contribution in [0.25, 0.3) is 0 Å². The first-order valence-electron chi connectivity index (χ1n) is 10.3. The van der Waals surface area contributed by atoms with Gasteiger partial charge in [0.15, 0.2) is 0 Å². The lowest BCUT2D eigenvalue weighted by Crippen LogP contribution is -2.48. The third kappa shape index (κ3) is 6.36. The van der Waals surface area contributed by atoms with E-state index in [1.807, 2.05) is 21.2 Å². The van der Waals surface area contributed by atoms with Crippen LogP contribution in [0, 0.1) is 5.82 Å². The Balaban J connectivity index is 1.72. The van der Waals surface area contributed by atoms with Crippen molar-refractivity contribution in [3.05, 3.63) is 64.6 Å². The number of aliphatic hydroxyl groups is 1. The zero-order chi connectivity index (χ0) is 22.2. The fourth-order valence-corrected chi connectivity index (χ4v) is 4.75. The van der Waals surface area contributed by atoms with Crippen molar-refractivity contribution in [3.63, 3.8) is 0 Å². The summed E-state index contributed by atoms with van der Waals surface area (Å²) >= 11 is 1.68. The van der Waals surface area contributed by atoms with Crippen LogP contribution < -0.4 is 4.74 Å². The summed E-state index contributed by atoms with van der Waals surface area (Å²) in [6.45, 7) is 5.74. The SMILES string of the molecule is C=CCN(CC(=O)N1CCc2sccc2C1COc1cccc(F)c1)CC(O)COC. The van der Waals surface area contributed by atoms with Gasteiger partial charge in [0.05, 0.1) is 25.3 Å². The van der Waals surface area contributed by atoms with Gasteiger partial charge in [-0.25, -0.2) is 4.39 Å². The van der Waals surface area contributed by atoms with E-state index in [-0.39, 0.29) is 37.5 Å². The standard InChI is InChI=1S/C23H29FN2O4S/c1-3-9-25(13-18(27)15-29-2)14-23(28)26-10-7-22-20(8-11-31-22)21(26)16-30-19-6-4-5-17(24)12-19/h3-6,8,11-12,18,21,27H,1,7,9-10,13-16H2,2H3. The Labute approximate surface area is 186 Å². The minimum Gasteiger partial charge on any atom is -0.491 e. The summed E-state index contributed by atoms with van der Waals surface area (Å²) in [4.78, 5) is 18.2. The number of carbonyl (C=O) groups is 1. The Bertz CT molecular complexity index is 875. The molecule has 0 saturated carbocycles. The van der Waals surface area contributed by atoms with E-state index in [4.69, 9.17) is 9.47 Å². The average Bonchev–Trinajstić information content (AvgIpc) is 3.21. The second-order valence-electron chi connectivity index (χ2n) is 7.51. The molecule has 1 aliphatic heterocycles. The molecule has 6 nitrogen and oxygen atoms in total. The van der Waals surface area contributed by atoms with E-state index in [2.05, 4.69) is 6.58 Å². The van der Waals surface area contributed by atoms with Crippen molar-refractivity contribution in [2.24, 2.45) is 0 Å². The maximum atomic E-state index is 13.5. The molecule has 2 unspecified atom stereocenters. The Morgan fingerprint density at radius 3 is 3.06 bits per heavy atom. The van der Waals surface area contributed by atoms with E-state index in [1.165, 1.54) is 24.1 Å².